The summed E-state index contributed by atoms with van der Waals surface area (Å²) in [5, 5.41) is 16.2. The Bertz CT molecular complexity index is 1300. The maximum Gasteiger partial charge on any atom is 0.336 e. The van der Waals surface area contributed by atoms with Crippen LogP contribution < -0.4 is 15.7 Å². The number of non-ortho nitro benzene ring substituents is 1. The van der Waals surface area contributed by atoms with Gasteiger partial charge in [0.2, 0.25) is 0 Å². The van der Waals surface area contributed by atoms with E-state index in [1.54, 1.807) is 35.6 Å². The van der Waals surface area contributed by atoms with Gasteiger partial charge in [0, 0.05) is 34.5 Å². The second kappa shape index (κ2) is 8.80. The summed E-state index contributed by atoms with van der Waals surface area (Å²) in [6.45, 7) is 0.258. The molecule has 0 radical (unpaired) electrons. The van der Waals surface area contributed by atoms with Gasteiger partial charge in [-0.1, -0.05) is 6.07 Å². The lowest BCUT2D eigenvalue weighted by Gasteiger charge is -2.09. The molecule has 0 aliphatic heterocycles. The summed E-state index contributed by atoms with van der Waals surface area (Å²) >= 11 is 1.55. The molecule has 0 fully saturated rings. The van der Waals surface area contributed by atoms with Crippen molar-refractivity contribution in [1.82, 2.24) is 5.32 Å². The van der Waals surface area contributed by atoms with Crippen LogP contribution in [0.4, 0.5) is 5.69 Å². The second-order valence-corrected chi connectivity index (χ2v) is 7.62. The number of benzene rings is 2. The highest BCUT2D eigenvalue weighted by molar-refractivity contribution is 7.09. The topological polar surface area (TPSA) is 112 Å². The number of nitrogens with zero attached hydrogens (tertiary/aromatic N) is 1. The first kappa shape index (κ1) is 20.3. The van der Waals surface area contributed by atoms with Crippen LogP contribution in [-0.2, 0) is 11.3 Å². The Labute approximate surface area is 179 Å². The average molecular weight is 436 g/mol. The highest BCUT2D eigenvalue weighted by atomic mass is 32.1. The smallest absolute Gasteiger partial charge is 0.336 e. The zero-order chi connectivity index (χ0) is 21.8. The molecular weight excluding hydrogens is 420 g/mol. The van der Waals surface area contributed by atoms with Crippen molar-refractivity contribution >= 4 is 33.9 Å². The minimum absolute atomic E-state index is 0.0379. The first-order valence-corrected chi connectivity index (χ1v) is 10.1. The molecule has 4 rings (SSSR count). The number of amides is 1. The molecule has 0 aliphatic carbocycles. The molecule has 8 nitrogen and oxygen atoms in total. The van der Waals surface area contributed by atoms with Gasteiger partial charge in [-0.3, -0.25) is 14.9 Å². The van der Waals surface area contributed by atoms with Crippen LogP contribution in [0.25, 0.3) is 22.1 Å². The Morgan fingerprint density at radius 3 is 2.65 bits per heavy atom. The first-order valence-electron chi connectivity index (χ1n) is 9.24. The van der Waals surface area contributed by atoms with Gasteiger partial charge in [0.05, 0.1) is 11.5 Å². The molecule has 4 aromatic rings. The standard InChI is InChI=1S/C22H16N2O6S/c25-21(23-12-17-2-1-9-31-17)13-29-16-7-8-18-19(11-22(26)30-20(18)10-16)14-3-5-15(6-4-14)24(27)28/h1-11H,12-13H2,(H,23,25). The summed E-state index contributed by atoms with van der Waals surface area (Å²) < 4.78 is 10.8. The van der Waals surface area contributed by atoms with Gasteiger partial charge in [0.1, 0.15) is 11.3 Å². The summed E-state index contributed by atoms with van der Waals surface area (Å²) in [6, 6.07) is 16.0. The van der Waals surface area contributed by atoms with Crippen molar-refractivity contribution in [1.29, 1.82) is 0 Å². The zero-order valence-electron chi connectivity index (χ0n) is 16.1. The van der Waals surface area contributed by atoms with Crippen molar-refractivity contribution in [2.45, 2.75) is 6.54 Å². The number of ether oxygens (including phenoxy) is 1. The highest BCUT2D eigenvalue weighted by Gasteiger charge is 2.12. The number of fused-ring (bicyclic) bond motifs is 1. The fraction of sp³-hybridized carbons (Fsp3) is 0.0909. The Kier molecular flexibility index (Phi) is 5.76. The van der Waals surface area contributed by atoms with Crippen LogP contribution in [0.3, 0.4) is 0 Å². The first-order chi connectivity index (χ1) is 15.0. The van der Waals surface area contributed by atoms with E-state index < -0.39 is 10.5 Å². The van der Waals surface area contributed by atoms with Crippen LogP contribution in [0.2, 0.25) is 0 Å². The van der Waals surface area contributed by atoms with E-state index in [2.05, 4.69) is 5.32 Å². The van der Waals surface area contributed by atoms with Gasteiger partial charge in [-0.2, -0.15) is 0 Å². The van der Waals surface area contributed by atoms with Gasteiger partial charge in [-0.15, -0.1) is 11.3 Å². The summed E-state index contributed by atoms with van der Waals surface area (Å²) in [5.74, 6) is 0.109. The highest BCUT2D eigenvalue weighted by Crippen LogP contribution is 2.30. The van der Waals surface area contributed by atoms with E-state index in [9.17, 15) is 19.7 Å². The van der Waals surface area contributed by atoms with Crippen LogP contribution in [0, 0.1) is 10.1 Å². The summed E-state index contributed by atoms with van der Waals surface area (Å²) in [5.41, 5.74) is 0.916. The third kappa shape index (κ3) is 4.78. The van der Waals surface area contributed by atoms with E-state index in [1.807, 2.05) is 17.5 Å². The summed E-state index contributed by atoms with van der Waals surface area (Å²) in [4.78, 5) is 35.5. The summed E-state index contributed by atoms with van der Waals surface area (Å²) in [7, 11) is 0. The van der Waals surface area contributed by atoms with Crippen molar-refractivity contribution in [3.63, 3.8) is 0 Å². The molecule has 1 N–H and O–H groups in total. The second-order valence-electron chi connectivity index (χ2n) is 6.59. The zero-order valence-corrected chi connectivity index (χ0v) is 16.9. The fourth-order valence-corrected chi connectivity index (χ4v) is 3.68. The maximum atomic E-state index is 12.0. The predicted molar refractivity (Wildman–Crippen MR) is 116 cm³/mol. The quantitative estimate of drug-likeness (QED) is 0.265. The molecule has 31 heavy (non-hydrogen) atoms. The van der Waals surface area contributed by atoms with Crippen LogP contribution in [0.5, 0.6) is 5.75 Å². The molecule has 2 aromatic heterocycles. The minimum Gasteiger partial charge on any atom is -0.484 e. The molecule has 0 saturated carbocycles. The lowest BCUT2D eigenvalue weighted by molar-refractivity contribution is -0.384. The Morgan fingerprint density at radius 1 is 1.13 bits per heavy atom. The van der Waals surface area contributed by atoms with E-state index in [1.165, 1.54) is 24.3 Å². The Morgan fingerprint density at radius 2 is 1.94 bits per heavy atom. The van der Waals surface area contributed by atoms with Gasteiger partial charge in [0.25, 0.3) is 11.6 Å². The molecule has 0 atom stereocenters. The molecule has 0 spiro atoms. The van der Waals surface area contributed by atoms with Crippen molar-refractivity contribution in [3.8, 4) is 16.9 Å². The lowest BCUT2D eigenvalue weighted by atomic mass is 10.0. The number of rotatable bonds is 7. The monoisotopic (exact) mass is 436 g/mol. The molecule has 0 saturated heterocycles. The van der Waals surface area contributed by atoms with Gasteiger partial charge < -0.3 is 14.5 Å². The van der Waals surface area contributed by atoms with Crippen LogP contribution in [0.15, 0.2) is 75.3 Å². The number of hydrogen-bond donors (Lipinski definition) is 1. The van der Waals surface area contributed by atoms with E-state index in [4.69, 9.17) is 9.15 Å². The number of nitro benzene ring substituents is 1. The number of hydrogen-bond acceptors (Lipinski definition) is 7. The molecule has 2 aromatic carbocycles. The summed E-state index contributed by atoms with van der Waals surface area (Å²) in [6.07, 6.45) is 0. The molecule has 9 heteroatoms. The van der Waals surface area contributed by atoms with Gasteiger partial charge in [-0.05, 0) is 46.8 Å². The van der Waals surface area contributed by atoms with Crippen LogP contribution in [-0.4, -0.2) is 17.4 Å². The Balaban J connectivity index is 1.52. The molecule has 156 valence electrons. The van der Waals surface area contributed by atoms with E-state index in [0.29, 0.717) is 28.8 Å². The maximum absolute atomic E-state index is 12.0. The minimum atomic E-state index is -0.563. The predicted octanol–water partition coefficient (Wildman–Crippen LogP) is 4.12. The van der Waals surface area contributed by atoms with E-state index in [0.717, 1.165) is 4.88 Å². The van der Waals surface area contributed by atoms with E-state index >= 15 is 0 Å². The van der Waals surface area contributed by atoms with Crippen molar-refractivity contribution in [2.24, 2.45) is 0 Å². The third-order valence-electron chi connectivity index (χ3n) is 4.51. The number of carbonyl (C=O) groups excluding carboxylic acids is 1. The molecule has 1 amide bonds. The molecular formula is C22H16N2O6S. The number of carbonyl (C=O) groups is 1. The molecule has 0 unspecified atom stereocenters. The third-order valence-corrected chi connectivity index (χ3v) is 5.39. The number of nitrogens with one attached hydrogen (secondary N) is 1. The molecule has 2 heterocycles. The van der Waals surface area contributed by atoms with E-state index in [-0.39, 0.29) is 23.8 Å². The number of thiophene rings is 1. The van der Waals surface area contributed by atoms with Crippen molar-refractivity contribution in [3.05, 3.63) is 91.5 Å². The normalized spacial score (nSPS) is 10.7. The van der Waals surface area contributed by atoms with Gasteiger partial charge in [0.15, 0.2) is 6.61 Å². The average Bonchev–Trinajstić information content (AvgIpc) is 3.29. The SMILES string of the molecule is O=C(COc1ccc2c(-c3ccc([N+](=O)[O-])cc3)cc(=O)oc2c1)NCc1cccs1. The van der Waals surface area contributed by atoms with Crippen molar-refractivity contribution in [2.75, 3.05) is 6.61 Å². The van der Waals surface area contributed by atoms with Crippen LogP contribution >= 0.6 is 11.3 Å². The molecule has 0 aliphatic rings. The molecule has 0 bridgehead atoms. The Hall–Kier alpha value is -3.98. The largest absolute Gasteiger partial charge is 0.484 e. The van der Waals surface area contributed by atoms with Gasteiger partial charge >= 0.3 is 5.63 Å². The number of nitro groups is 1. The van der Waals surface area contributed by atoms with Crippen molar-refractivity contribution < 1.29 is 18.9 Å². The fourth-order valence-electron chi connectivity index (χ4n) is 3.03. The lowest BCUT2D eigenvalue weighted by Crippen LogP contribution is -2.28. The van der Waals surface area contributed by atoms with Crippen LogP contribution in [0.1, 0.15) is 4.88 Å². The van der Waals surface area contributed by atoms with Gasteiger partial charge in [-0.25, -0.2) is 4.79 Å².